The van der Waals surface area contributed by atoms with E-state index in [1.807, 2.05) is 78.6 Å². The van der Waals surface area contributed by atoms with E-state index in [1.165, 1.54) is 6.33 Å². The van der Waals surface area contributed by atoms with E-state index in [9.17, 15) is 10.1 Å². The molecular weight excluding hydrogens is 438 g/mol. The van der Waals surface area contributed by atoms with Crippen LogP contribution >= 0.6 is 11.6 Å². The molecule has 8 heteroatoms. The van der Waals surface area contributed by atoms with Gasteiger partial charge in [0.1, 0.15) is 6.33 Å². The summed E-state index contributed by atoms with van der Waals surface area (Å²) in [6.45, 7) is 2.79. The molecule has 1 aromatic heterocycles. The van der Waals surface area contributed by atoms with E-state index < -0.39 is 4.92 Å². The minimum absolute atomic E-state index is 0.107. The molecular formula is C25H22ClN5O2. The molecule has 0 aliphatic rings. The normalized spacial score (nSPS) is 10.6. The molecule has 0 amide bonds. The molecule has 0 fully saturated rings. The van der Waals surface area contributed by atoms with Gasteiger partial charge in [0.25, 0.3) is 0 Å². The smallest absolute Gasteiger partial charge is 0.342 e. The highest BCUT2D eigenvalue weighted by Crippen LogP contribution is 2.35. The number of aromatic nitrogens is 2. The quantitative estimate of drug-likeness (QED) is 0.246. The first-order chi connectivity index (χ1) is 16.0. The molecule has 0 spiro atoms. The van der Waals surface area contributed by atoms with Crippen molar-refractivity contribution in [3.63, 3.8) is 0 Å². The third-order valence-corrected chi connectivity index (χ3v) is 5.56. The SMILES string of the molecule is Cc1ccc(Nc2ncnc(N(Cc3ccccc3)Cc3ccccc3)c2[N+](=O)[O-])cc1Cl. The van der Waals surface area contributed by atoms with Crippen molar-refractivity contribution in [3.05, 3.63) is 117 Å². The molecule has 4 rings (SSSR count). The molecule has 0 saturated carbocycles. The number of nitrogens with zero attached hydrogens (tertiary/aromatic N) is 4. The number of hydrogen-bond donors (Lipinski definition) is 1. The van der Waals surface area contributed by atoms with Gasteiger partial charge >= 0.3 is 5.69 Å². The molecule has 0 saturated heterocycles. The lowest BCUT2D eigenvalue weighted by Gasteiger charge is -2.24. The maximum atomic E-state index is 12.2. The van der Waals surface area contributed by atoms with Crippen LogP contribution in [0.2, 0.25) is 5.02 Å². The Balaban J connectivity index is 1.75. The topological polar surface area (TPSA) is 84.2 Å². The van der Waals surface area contributed by atoms with Crippen molar-refractivity contribution in [1.82, 2.24) is 9.97 Å². The van der Waals surface area contributed by atoms with Crippen LogP contribution in [0.3, 0.4) is 0 Å². The van der Waals surface area contributed by atoms with Crippen molar-refractivity contribution in [1.29, 1.82) is 0 Å². The maximum Gasteiger partial charge on any atom is 0.353 e. The minimum Gasteiger partial charge on any atom is -0.342 e. The summed E-state index contributed by atoms with van der Waals surface area (Å²) in [5.74, 6) is 0.347. The van der Waals surface area contributed by atoms with Crippen molar-refractivity contribution in [2.24, 2.45) is 0 Å². The Morgan fingerprint density at radius 1 is 0.939 bits per heavy atom. The van der Waals surface area contributed by atoms with Gasteiger partial charge in [-0.1, -0.05) is 78.3 Å². The molecule has 33 heavy (non-hydrogen) atoms. The summed E-state index contributed by atoms with van der Waals surface area (Å²) in [7, 11) is 0. The van der Waals surface area contributed by atoms with Crippen molar-refractivity contribution in [2.75, 3.05) is 10.2 Å². The number of benzene rings is 3. The molecule has 0 atom stereocenters. The Bertz CT molecular complexity index is 1210. The number of nitro groups is 1. The average molecular weight is 460 g/mol. The van der Waals surface area contributed by atoms with Gasteiger partial charge in [0, 0.05) is 23.8 Å². The highest BCUT2D eigenvalue weighted by Gasteiger charge is 2.27. The Morgan fingerprint density at radius 2 is 1.55 bits per heavy atom. The van der Waals surface area contributed by atoms with Gasteiger partial charge < -0.3 is 10.2 Å². The third-order valence-electron chi connectivity index (χ3n) is 5.15. The minimum atomic E-state index is -0.448. The summed E-state index contributed by atoms with van der Waals surface area (Å²) in [6, 6.07) is 24.9. The summed E-state index contributed by atoms with van der Waals surface area (Å²) in [6.07, 6.45) is 1.34. The molecule has 0 aliphatic heterocycles. The zero-order valence-corrected chi connectivity index (χ0v) is 18.7. The summed E-state index contributed by atoms with van der Waals surface area (Å²) < 4.78 is 0. The van der Waals surface area contributed by atoms with E-state index in [1.54, 1.807) is 12.1 Å². The van der Waals surface area contributed by atoms with Gasteiger partial charge in [0.2, 0.25) is 11.6 Å². The van der Waals surface area contributed by atoms with Gasteiger partial charge in [-0.05, 0) is 35.7 Å². The Labute approximate surface area is 196 Å². The van der Waals surface area contributed by atoms with Gasteiger partial charge in [-0.15, -0.1) is 0 Å². The Kier molecular flexibility index (Phi) is 6.80. The molecule has 0 aliphatic carbocycles. The summed E-state index contributed by atoms with van der Waals surface area (Å²) in [5, 5.41) is 15.8. The lowest BCUT2D eigenvalue weighted by molar-refractivity contribution is -0.383. The number of aryl methyl sites for hydroxylation is 1. The van der Waals surface area contributed by atoms with Gasteiger partial charge in [-0.25, -0.2) is 9.97 Å². The van der Waals surface area contributed by atoms with E-state index >= 15 is 0 Å². The van der Waals surface area contributed by atoms with Gasteiger partial charge in [0.05, 0.1) is 4.92 Å². The molecule has 0 bridgehead atoms. The molecule has 7 nitrogen and oxygen atoms in total. The van der Waals surface area contributed by atoms with E-state index in [0.717, 1.165) is 16.7 Å². The highest BCUT2D eigenvalue weighted by atomic mass is 35.5. The fourth-order valence-electron chi connectivity index (χ4n) is 3.48. The first-order valence-electron chi connectivity index (χ1n) is 10.4. The fraction of sp³-hybridized carbons (Fsp3) is 0.120. The zero-order chi connectivity index (χ0) is 23.2. The van der Waals surface area contributed by atoms with Crippen molar-refractivity contribution in [2.45, 2.75) is 20.0 Å². The lowest BCUT2D eigenvalue weighted by Crippen LogP contribution is -2.24. The maximum absolute atomic E-state index is 12.2. The second-order valence-corrected chi connectivity index (χ2v) is 7.98. The molecule has 0 radical (unpaired) electrons. The van der Waals surface area contributed by atoms with Crippen LogP contribution in [0.25, 0.3) is 0 Å². The van der Waals surface area contributed by atoms with Crippen LogP contribution in [-0.2, 0) is 13.1 Å². The molecule has 1 heterocycles. The first-order valence-corrected chi connectivity index (χ1v) is 10.7. The average Bonchev–Trinajstić information content (AvgIpc) is 2.82. The van der Waals surface area contributed by atoms with Crippen LogP contribution in [0.1, 0.15) is 16.7 Å². The van der Waals surface area contributed by atoms with Crippen LogP contribution in [0.15, 0.2) is 85.2 Å². The van der Waals surface area contributed by atoms with Crippen LogP contribution in [0.5, 0.6) is 0 Å². The summed E-state index contributed by atoms with van der Waals surface area (Å²) in [4.78, 5) is 22.1. The molecule has 166 valence electrons. The molecule has 4 aromatic rings. The van der Waals surface area contributed by atoms with Gasteiger partial charge in [0.15, 0.2) is 0 Å². The van der Waals surface area contributed by atoms with Crippen LogP contribution < -0.4 is 10.2 Å². The lowest BCUT2D eigenvalue weighted by atomic mass is 10.1. The van der Waals surface area contributed by atoms with E-state index in [0.29, 0.717) is 23.8 Å². The monoisotopic (exact) mass is 459 g/mol. The number of halogens is 1. The Hall–Kier alpha value is -3.97. The van der Waals surface area contributed by atoms with Crippen LogP contribution in [0.4, 0.5) is 23.0 Å². The molecule has 3 aromatic carbocycles. The molecule has 1 N–H and O–H groups in total. The van der Waals surface area contributed by atoms with Crippen LogP contribution in [-0.4, -0.2) is 14.9 Å². The number of nitrogens with one attached hydrogen (secondary N) is 1. The predicted molar refractivity (Wildman–Crippen MR) is 131 cm³/mol. The first kappa shape index (κ1) is 22.2. The highest BCUT2D eigenvalue weighted by molar-refractivity contribution is 6.31. The second kappa shape index (κ2) is 10.1. The number of hydrogen-bond acceptors (Lipinski definition) is 6. The summed E-state index contributed by atoms with van der Waals surface area (Å²) >= 11 is 6.23. The van der Waals surface area contributed by atoms with E-state index in [4.69, 9.17) is 11.6 Å². The van der Waals surface area contributed by atoms with E-state index in [-0.39, 0.29) is 17.3 Å². The van der Waals surface area contributed by atoms with E-state index in [2.05, 4.69) is 15.3 Å². The largest absolute Gasteiger partial charge is 0.353 e. The van der Waals surface area contributed by atoms with Crippen LogP contribution in [0, 0.1) is 17.0 Å². The summed E-state index contributed by atoms with van der Waals surface area (Å²) in [5.41, 5.74) is 3.36. The standard InChI is InChI=1S/C25H22ClN5O2/c1-18-12-13-21(14-22(18)26)29-24-23(31(32)33)25(28-17-27-24)30(15-19-8-4-2-5-9-19)16-20-10-6-3-7-11-20/h2-14,17H,15-16H2,1H3,(H,27,28,29). The number of anilines is 3. The Morgan fingerprint density at radius 3 is 2.09 bits per heavy atom. The third kappa shape index (κ3) is 5.45. The predicted octanol–water partition coefficient (Wildman–Crippen LogP) is 6.30. The second-order valence-electron chi connectivity index (χ2n) is 7.57. The van der Waals surface area contributed by atoms with Crippen molar-refractivity contribution in [3.8, 4) is 0 Å². The van der Waals surface area contributed by atoms with Gasteiger partial charge in [-0.2, -0.15) is 0 Å². The van der Waals surface area contributed by atoms with Crippen molar-refractivity contribution < 1.29 is 4.92 Å². The van der Waals surface area contributed by atoms with Gasteiger partial charge in [-0.3, -0.25) is 10.1 Å². The number of rotatable bonds is 8. The molecule has 0 unspecified atom stereocenters. The van der Waals surface area contributed by atoms with Crippen molar-refractivity contribution >= 4 is 34.6 Å². The zero-order valence-electron chi connectivity index (χ0n) is 18.0. The fourth-order valence-corrected chi connectivity index (χ4v) is 3.66.